The minimum Gasteiger partial charge on any atom is -0.381 e. The molecule has 0 radical (unpaired) electrons. The lowest BCUT2D eigenvalue weighted by atomic mass is 10.0. The Hall–Kier alpha value is -2.22. The van der Waals surface area contributed by atoms with Gasteiger partial charge in [0.15, 0.2) is 6.29 Å². The molecular weight excluding hydrogens is 394 g/mol. The number of carbonyl (C=O) groups is 1. The van der Waals surface area contributed by atoms with Crippen LogP contribution in [0.5, 0.6) is 0 Å². The van der Waals surface area contributed by atoms with Gasteiger partial charge in [-0.2, -0.15) is 5.10 Å². The first kappa shape index (κ1) is 23.4. The summed E-state index contributed by atoms with van der Waals surface area (Å²) in [6.07, 6.45) is 5.64. The van der Waals surface area contributed by atoms with Gasteiger partial charge in [0.1, 0.15) is 0 Å². The van der Waals surface area contributed by atoms with Gasteiger partial charge in [-0.3, -0.25) is 9.48 Å². The third kappa shape index (κ3) is 6.38. The van der Waals surface area contributed by atoms with Crippen molar-refractivity contribution in [3.8, 4) is 11.1 Å². The highest BCUT2D eigenvalue weighted by Gasteiger charge is 2.51. The topological polar surface area (TPSA) is 65.8 Å². The third-order valence-corrected chi connectivity index (χ3v) is 5.99. The second-order valence-electron chi connectivity index (χ2n) is 8.87. The molecule has 3 rings (SSSR count). The zero-order valence-corrected chi connectivity index (χ0v) is 19.3. The Bertz CT molecular complexity index is 860. The SMILES string of the molecule is COC(CN(C(=O)CCOCCc1cccc(-c2cnn(C)c2)c1)[C@@H]1CC1(C)C)OC. The fourth-order valence-corrected chi connectivity index (χ4v) is 3.85. The smallest absolute Gasteiger partial charge is 0.225 e. The molecule has 7 heteroatoms. The molecule has 1 amide bonds. The van der Waals surface area contributed by atoms with Crippen molar-refractivity contribution >= 4 is 5.91 Å². The number of aryl methyl sites for hydroxylation is 1. The van der Waals surface area contributed by atoms with Gasteiger partial charge in [-0.15, -0.1) is 0 Å². The molecule has 1 aromatic carbocycles. The molecule has 7 nitrogen and oxygen atoms in total. The zero-order chi connectivity index (χ0) is 22.4. The van der Waals surface area contributed by atoms with Gasteiger partial charge in [-0.1, -0.05) is 38.1 Å². The largest absolute Gasteiger partial charge is 0.381 e. The molecule has 1 fully saturated rings. The van der Waals surface area contributed by atoms with Crippen LogP contribution in [0, 0.1) is 5.41 Å². The minimum atomic E-state index is -0.409. The van der Waals surface area contributed by atoms with Crippen molar-refractivity contribution in [3.05, 3.63) is 42.2 Å². The first-order valence-corrected chi connectivity index (χ1v) is 10.8. The first-order chi connectivity index (χ1) is 14.8. The van der Waals surface area contributed by atoms with E-state index in [1.807, 2.05) is 24.3 Å². The number of hydrogen-bond acceptors (Lipinski definition) is 5. The lowest BCUT2D eigenvalue weighted by Crippen LogP contribution is -2.42. The number of ether oxygens (including phenoxy) is 3. The summed E-state index contributed by atoms with van der Waals surface area (Å²) in [6.45, 7) is 5.80. The summed E-state index contributed by atoms with van der Waals surface area (Å²) >= 11 is 0. The maximum atomic E-state index is 12.8. The van der Waals surface area contributed by atoms with Crippen molar-refractivity contribution in [2.45, 2.75) is 45.4 Å². The Labute approximate surface area is 185 Å². The molecule has 0 N–H and O–H groups in total. The number of carbonyl (C=O) groups excluding carboxylic acids is 1. The Kier molecular flexibility index (Phi) is 7.86. The molecular formula is C24H35N3O4. The molecule has 2 aromatic rings. The van der Waals surface area contributed by atoms with Crippen LogP contribution in [0.4, 0.5) is 0 Å². The van der Waals surface area contributed by atoms with Crippen molar-refractivity contribution < 1.29 is 19.0 Å². The summed E-state index contributed by atoms with van der Waals surface area (Å²) < 4.78 is 18.2. The van der Waals surface area contributed by atoms with Crippen LogP contribution < -0.4 is 0 Å². The van der Waals surface area contributed by atoms with Crippen LogP contribution in [0.15, 0.2) is 36.7 Å². The number of methoxy groups -OCH3 is 2. The first-order valence-electron chi connectivity index (χ1n) is 10.8. The van der Waals surface area contributed by atoms with Gasteiger partial charge in [0.25, 0.3) is 0 Å². The molecule has 0 bridgehead atoms. The van der Waals surface area contributed by atoms with Crippen LogP contribution in [-0.4, -0.2) is 66.9 Å². The van der Waals surface area contributed by atoms with Crippen molar-refractivity contribution in [1.82, 2.24) is 14.7 Å². The Morgan fingerprint density at radius 2 is 2.00 bits per heavy atom. The van der Waals surface area contributed by atoms with Gasteiger partial charge in [-0.25, -0.2) is 0 Å². The second-order valence-corrected chi connectivity index (χ2v) is 8.87. The summed E-state index contributed by atoms with van der Waals surface area (Å²) in [7, 11) is 5.11. The summed E-state index contributed by atoms with van der Waals surface area (Å²) in [5, 5.41) is 4.23. The van der Waals surface area contributed by atoms with E-state index < -0.39 is 6.29 Å². The Balaban J connectivity index is 1.45. The molecule has 0 unspecified atom stereocenters. The second kappa shape index (κ2) is 10.4. The van der Waals surface area contributed by atoms with E-state index in [4.69, 9.17) is 14.2 Å². The third-order valence-electron chi connectivity index (χ3n) is 5.99. The van der Waals surface area contributed by atoms with Crippen LogP contribution in [0.1, 0.15) is 32.3 Å². The summed E-state index contributed by atoms with van der Waals surface area (Å²) in [5.74, 6) is 0.0910. The maximum absolute atomic E-state index is 12.8. The quantitative estimate of drug-likeness (QED) is 0.383. The zero-order valence-electron chi connectivity index (χ0n) is 19.3. The number of nitrogens with zero attached hydrogens (tertiary/aromatic N) is 3. The highest BCUT2D eigenvalue weighted by molar-refractivity contribution is 5.77. The van der Waals surface area contributed by atoms with Crippen LogP contribution in [0.2, 0.25) is 0 Å². The van der Waals surface area contributed by atoms with Crippen LogP contribution in [0.3, 0.4) is 0 Å². The predicted octanol–water partition coefficient (Wildman–Crippen LogP) is 3.28. The van der Waals surface area contributed by atoms with Crippen LogP contribution >= 0.6 is 0 Å². The normalized spacial score (nSPS) is 17.2. The van der Waals surface area contributed by atoms with E-state index in [1.165, 1.54) is 5.56 Å². The van der Waals surface area contributed by atoms with Crippen LogP contribution in [0.25, 0.3) is 11.1 Å². The number of aromatic nitrogens is 2. The molecule has 170 valence electrons. The van der Waals surface area contributed by atoms with Gasteiger partial charge in [-0.05, 0) is 29.4 Å². The summed E-state index contributed by atoms with van der Waals surface area (Å²) in [6, 6.07) is 8.64. The van der Waals surface area contributed by atoms with Gasteiger partial charge in [0, 0.05) is 39.1 Å². The van der Waals surface area contributed by atoms with Crippen LogP contribution in [-0.2, 0) is 32.5 Å². The molecule has 1 aliphatic carbocycles. The van der Waals surface area contributed by atoms with Gasteiger partial charge >= 0.3 is 0 Å². The van der Waals surface area contributed by atoms with Gasteiger partial charge in [0.2, 0.25) is 5.91 Å². The fourth-order valence-electron chi connectivity index (χ4n) is 3.85. The average molecular weight is 430 g/mol. The van der Waals surface area contributed by atoms with Crippen molar-refractivity contribution in [3.63, 3.8) is 0 Å². The van der Waals surface area contributed by atoms with E-state index >= 15 is 0 Å². The van der Waals surface area contributed by atoms with Crippen molar-refractivity contribution in [2.24, 2.45) is 12.5 Å². The Morgan fingerprint density at radius 3 is 2.61 bits per heavy atom. The highest BCUT2D eigenvalue weighted by Crippen LogP contribution is 2.48. The molecule has 1 heterocycles. The lowest BCUT2D eigenvalue weighted by Gasteiger charge is -2.28. The monoisotopic (exact) mass is 429 g/mol. The van der Waals surface area contributed by atoms with Crippen molar-refractivity contribution in [1.29, 1.82) is 0 Å². The minimum absolute atomic E-state index is 0.0910. The summed E-state index contributed by atoms with van der Waals surface area (Å²) in [5.41, 5.74) is 3.61. The molecule has 1 aliphatic rings. The molecule has 0 aliphatic heterocycles. The molecule has 1 aromatic heterocycles. The maximum Gasteiger partial charge on any atom is 0.225 e. The molecule has 1 saturated carbocycles. The van der Waals surface area contributed by atoms with E-state index in [-0.39, 0.29) is 17.4 Å². The molecule has 0 spiro atoms. The van der Waals surface area contributed by atoms with E-state index in [0.717, 1.165) is 24.0 Å². The number of rotatable bonds is 12. The van der Waals surface area contributed by atoms with Gasteiger partial charge < -0.3 is 19.1 Å². The predicted molar refractivity (Wildman–Crippen MR) is 119 cm³/mol. The summed E-state index contributed by atoms with van der Waals surface area (Å²) in [4.78, 5) is 14.7. The highest BCUT2D eigenvalue weighted by atomic mass is 16.7. The van der Waals surface area contributed by atoms with E-state index in [9.17, 15) is 4.79 Å². The standard InChI is InChI=1S/C24H35N3O4/c1-24(2)14-21(24)27(17-23(29-4)30-5)22(28)10-12-31-11-9-18-7-6-8-19(13-18)20-15-25-26(3)16-20/h6-8,13,15-16,21,23H,9-12,14,17H2,1-5H3/t21-/m1/s1. The lowest BCUT2D eigenvalue weighted by molar-refractivity contribution is -0.148. The fraction of sp³-hybridized carbons (Fsp3) is 0.583. The van der Waals surface area contributed by atoms with E-state index in [1.54, 1.807) is 18.9 Å². The number of benzene rings is 1. The average Bonchev–Trinajstić information content (AvgIpc) is 3.16. The Morgan fingerprint density at radius 1 is 1.26 bits per heavy atom. The van der Waals surface area contributed by atoms with Crippen molar-refractivity contribution in [2.75, 3.05) is 34.0 Å². The van der Waals surface area contributed by atoms with E-state index in [2.05, 4.69) is 43.2 Å². The molecule has 1 atom stereocenters. The number of amides is 1. The molecule has 31 heavy (non-hydrogen) atoms. The molecule has 0 saturated heterocycles. The number of hydrogen-bond donors (Lipinski definition) is 0. The van der Waals surface area contributed by atoms with Gasteiger partial charge in [0.05, 0.1) is 32.4 Å². The van der Waals surface area contributed by atoms with E-state index in [0.29, 0.717) is 26.2 Å².